The van der Waals surface area contributed by atoms with E-state index < -0.39 is 0 Å². The van der Waals surface area contributed by atoms with Gasteiger partial charge in [0.2, 0.25) is 0 Å². The molecule has 5 nitrogen and oxygen atoms in total. The lowest BCUT2D eigenvalue weighted by Crippen LogP contribution is -2.51. The van der Waals surface area contributed by atoms with Crippen LogP contribution in [0.2, 0.25) is 0 Å². The van der Waals surface area contributed by atoms with Crippen LogP contribution in [-0.4, -0.2) is 18.7 Å². The van der Waals surface area contributed by atoms with Crippen LogP contribution in [0.25, 0.3) is 11.0 Å². The maximum absolute atomic E-state index is 13.1. The molecule has 5 aliphatic carbocycles. The highest BCUT2D eigenvalue weighted by molar-refractivity contribution is 5.86. The topological polar surface area (TPSA) is 65.7 Å². The second-order valence-corrected chi connectivity index (χ2v) is 17.6. The second kappa shape index (κ2) is 13.3. The van der Waals surface area contributed by atoms with Gasteiger partial charge in [0, 0.05) is 22.9 Å². The minimum absolute atomic E-state index is 0.0874. The highest BCUT2D eigenvalue weighted by Gasteiger charge is 2.59. The number of carbonyl (C=O) groups excluding carboxylic acids is 1. The summed E-state index contributed by atoms with van der Waals surface area (Å²) in [5, 5.41) is 0.993. The Hall–Kier alpha value is -2.56. The van der Waals surface area contributed by atoms with Crippen molar-refractivity contribution in [2.45, 2.75) is 144 Å². The maximum Gasteiger partial charge on any atom is 0.344 e. The Morgan fingerprint density at radius 2 is 1.77 bits per heavy atom. The van der Waals surface area contributed by atoms with E-state index in [1.165, 1.54) is 56.9 Å². The van der Waals surface area contributed by atoms with Gasteiger partial charge in [-0.1, -0.05) is 65.5 Å². The van der Waals surface area contributed by atoms with Crippen LogP contribution in [0.1, 0.15) is 135 Å². The van der Waals surface area contributed by atoms with E-state index in [4.69, 9.17) is 13.9 Å². The summed E-state index contributed by atoms with van der Waals surface area (Å²) >= 11 is 0. The van der Waals surface area contributed by atoms with E-state index in [0.29, 0.717) is 16.7 Å². The molecule has 48 heavy (non-hydrogen) atoms. The van der Waals surface area contributed by atoms with Gasteiger partial charge in [-0.15, -0.1) is 0 Å². The molecule has 0 aliphatic heterocycles. The SMILES string of the molecule is Cc1c(OCC(=O)O[C@H]2CC[C@@]3(C)C(=CCC4C3CC[C@@]3(C)C4CC[C@@H]3[C@H](C)CCCC(C)C)C2)ccc2c3c(c(=O)oc12)CCCC3. The van der Waals surface area contributed by atoms with Gasteiger partial charge in [-0.25, -0.2) is 9.59 Å². The predicted octanol–water partition coefficient (Wildman–Crippen LogP) is 10.3. The minimum Gasteiger partial charge on any atom is -0.481 e. The normalized spacial score (nSPS) is 33.3. The second-order valence-electron chi connectivity index (χ2n) is 17.6. The lowest BCUT2D eigenvalue weighted by Gasteiger charge is -2.58. The molecule has 3 fully saturated rings. The quantitative estimate of drug-likeness (QED) is 0.153. The molecule has 2 aromatic rings. The Balaban J connectivity index is 0.967. The molecule has 1 heterocycles. The van der Waals surface area contributed by atoms with Gasteiger partial charge in [-0.3, -0.25) is 0 Å². The largest absolute Gasteiger partial charge is 0.481 e. The van der Waals surface area contributed by atoms with E-state index in [0.717, 1.165) is 103 Å². The zero-order chi connectivity index (χ0) is 33.8. The molecule has 5 aliphatic rings. The fourth-order valence-electron chi connectivity index (χ4n) is 11.9. The summed E-state index contributed by atoms with van der Waals surface area (Å²) in [5.41, 5.74) is 5.32. The van der Waals surface area contributed by atoms with Crippen LogP contribution in [0.15, 0.2) is 33.0 Å². The van der Waals surface area contributed by atoms with Crippen molar-refractivity contribution in [3.63, 3.8) is 0 Å². The minimum atomic E-state index is -0.322. The summed E-state index contributed by atoms with van der Waals surface area (Å²) in [7, 11) is 0. The molecule has 3 unspecified atom stereocenters. The van der Waals surface area contributed by atoms with Crippen molar-refractivity contribution >= 4 is 16.9 Å². The van der Waals surface area contributed by atoms with Crippen LogP contribution in [0.4, 0.5) is 0 Å². The molecular formula is C43H60O5. The molecule has 0 saturated heterocycles. The van der Waals surface area contributed by atoms with Gasteiger partial charge in [-0.2, -0.15) is 0 Å². The summed E-state index contributed by atoms with van der Waals surface area (Å²) in [6, 6.07) is 3.89. The average Bonchev–Trinajstić information content (AvgIpc) is 3.42. The number of esters is 1. The van der Waals surface area contributed by atoms with E-state index in [9.17, 15) is 9.59 Å². The third kappa shape index (κ3) is 5.97. The van der Waals surface area contributed by atoms with E-state index in [2.05, 4.69) is 40.7 Å². The summed E-state index contributed by atoms with van der Waals surface area (Å²) in [6.45, 7) is 14.3. The monoisotopic (exact) mass is 656 g/mol. The van der Waals surface area contributed by atoms with Crippen molar-refractivity contribution in [3.8, 4) is 5.75 Å². The van der Waals surface area contributed by atoms with E-state index >= 15 is 0 Å². The maximum atomic E-state index is 13.1. The molecular weight excluding hydrogens is 596 g/mol. The molecule has 7 rings (SSSR count). The Labute approximate surface area is 288 Å². The van der Waals surface area contributed by atoms with Gasteiger partial charge in [0.1, 0.15) is 17.4 Å². The van der Waals surface area contributed by atoms with Crippen LogP contribution in [0.3, 0.4) is 0 Å². The third-order valence-electron chi connectivity index (χ3n) is 14.5. The highest BCUT2D eigenvalue weighted by Crippen LogP contribution is 2.67. The Bertz CT molecular complexity index is 1610. The third-order valence-corrected chi connectivity index (χ3v) is 14.5. The Morgan fingerprint density at radius 3 is 2.56 bits per heavy atom. The van der Waals surface area contributed by atoms with E-state index in [1.54, 1.807) is 0 Å². The van der Waals surface area contributed by atoms with Gasteiger partial charge in [0.05, 0.1) is 0 Å². The summed E-state index contributed by atoms with van der Waals surface area (Å²) in [5.74, 6) is 5.20. The van der Waals surface area contributed by atoms with Crippen molar-refractivity contribution in [3.05, 3.63) is 50.9 Å². The first-order chi connectivity index (χ1) is 23.0. The zero-order valence-corrected chi connectivity index (χ0v) is 30.6. The van der Waals surface area contributed by atoms with Crippen molar-refractivity contribution in [1.82, 2.24) is 0 Å². The van der Waals surface area contributed by atoms with E-state index in [1.807, 2.05) is 19.1 Å². The number of carbonyl (C=O) groups is 1. The molecule has 1 aromatic heterocycles. The van der Waals surface area contributed by atoms with Gasteiger partial charge >= 0.3 is 11.6 Å². The first-order valence-electron chi connectivity index (χ1n) is 19.6. The number of allylic oxidation sites excluding steroid dienone is 1. The van der Waals surface area contributed by atoms with Crippen molar-refractivity contribution < 1.29 is 18.7 Å². The molecule has 1 aromatic carbocycles. The summed E-state index contributed by atoms with van der Waals surface area (Å²) in [4.78, 5) is 25.8. The smallest absolute Gasteiger partial charge is 0.344 e. The molecule has 0 N–H and O–H groups in total. The molecule has 0 amide bonds. The number of rotatable bonds is 9. The molecule has 8 atom stereocenters. The number of hydrogen-bond donors (Lipinski definition) is 0. The number of hydrogen-bond acceptors (Lipinski definition) is 5. The first kappa shape index (κ1) is 33.9. The molecule has 262 valence electrons. The lowest BCUT2D eigenvalue weighted by molar-refractivity contribution is -0.153. The van der Waals surface area contributed by atoms with Crippen LogP contribution in [0, 0.1) is 53.3 Å². The van der Waals surface area contributed by atoms with Gasteiger partial charge in [-0.05, 0) is 142 Å². The standard InChI is InChI=1S/C43H60O5/c1-26(2)10-9-11-27(3)35-17-18-36-34-15-14-29-24-30(20-22-42(29,5)37(34)21-23-43(35,36)6)47-39(44)25-46-38-19-16-32-31-12-7-8-13-33(31)41(45)48-40(32)28(38)4/h14,16,19,26-27,30,34-37H,7-13,15,17-18,20-25H2,1-6H3/t27-,30+,34?,35-,36?,37?,42+,43-/m1/s1. The average molecular weight is 657 g/mol. The van der Waals surface area contributed by atoms with Gasteiger partial charge in [0.25, 0.3) is 0 Å². The Morgan fingerprint density at radius 1 is 0.979 bits per heavy atom. The Kier molecular flexibility index (Phi) is 9.39. The van der Waals surface area contributed by atoms with Crippen LogP contribution < -0.4 is 10.4 Å². The van der Waals surface area contributed by atoms with Gasteiger partial charge in [0.15, 0.2) is 6.61 Å². The number of ether oxygens (including phenoxy) is 2. The molecule has 0 bridgehead atoms. The van der Waals surface area contributed by atoms with Crippen molar-refractivity contribution in [2.24, 2.45) is 46.3 Å². The molecule has 3 saturated carbocycles. The molecule has 5 heteroatoms. The summed E-state index contributed by atoms with van der Waals surface area (Å²) < 4.78 is 17.8. The van der Waals surface area contributed by atoms with Gasteiger partial charge < -0.3 is 13.9 Å². The number of aryl methyl sites for hydroxylation is 2. The fourth-order valence-corrected chi connectivity index (χ4v) is 11.9. The predicted molar refractivity (Wildman–Crippen MR) is 192 cm³/mol. The highest BCUT2D eigenvalue weighted by atomic mass is 16.6. The summed E-state index contributed by atoms with van der Waals surface area (Å²) in [6.07, 6.45) is 20.1. The zero-order valence-electron chi connectivity index (χ0n) is 30.6. The van der Waals surface area contributed by atoms with Crippen LogP contribution in [0.5, 0.6) is 5.75 Å². The van der Waals surface area contributed by atoms with Crippen molar-refractivity contribution in [1.29, 1.82) is 0 Å². The van der Waals surface area contributed by atoms with E-state index in [-0.39, 0.29) is 29.7 Å². The lowest BCUT2D eigenvalue weighted by atomic mass is 9.47. The van der Waals surface area contributed by atoms with Crippen molar-refractivity contribution in [2.75, 3.05) is 6.61 Å². The van der Waals surface area contributed by atoms with Crippen LogP contribution >= 0.6 is 0 Å². The number of fused-ring (bicyclic) bond motifs is 8. The first-order valence-corrected chi connectivity index (χ1v) is 19.6. The van der Waals surface area contributed by atoms with Crippen LogP contribution in [-0.2, 0) is 22.4 Å². The number of benzene rings is 1. The molecule has 0 radical (unpaired) electrons. The molecule has 0 spiro atoms. The fraction of sp³-hybridized carbons (Fsp3) is 0.721.